The highest BCUT2D eigenvalue weighted by Crippen LogP contribution is 2.20. The fourth-order valence-corrected chi connectivity index (χ4v) is 2.04. The number of rotatable bonds is 3. The Kier molecular flexibility index (Phi) is 2.95. The Morgan fingerprint density at radius 1 is 1.30 bits per heavy atom. The third kappa shape index (κ3) is 2.14. The first-order valence-electron chi connectivity index (χ1n) is 6.35. The summed E-state index contributed by atoms with van der Waals surface area (Å²) in [5.74, 6) is -1.01. The van der Waals surface area contributed by atoms with Gasteiger partial charge in [-0.1, -0.05) is 31.2 Å². The van der Waals surface area contributed by atoms with Crippen molar-refractivity contribution in [2.24, 2.45) is 0 Å². The lowest BCUT2D eigenvalue weighted by Crippen LogP contribution is -2.00. The minimum atomic E-state index is -1.01. The largest absolute Gasteiger partial charge is 0.478 e. The van der Waals surface area contributed by atoms with E-state index < -0.39 is 5.97 Å². The Morgan fingerprint density at radius 2 is 2.05 bits per heavy atom. The third-order valence-electron chi connectivity index (χ3n) is 3.22. The zero-order valence-electron chi connectivity index (χ0n) is 10.9. The molecule has 0 atom stereocenters. The van der Waals surface area contributed by atoms with Crippen LogP contribution in [0.15, 0.2) is 42.7 Å². The molecule has 0 amide bonds. The van der Waals surface area contributed by atoms with E-state index in [-0.39, 0.29) is 5.56 Å². The quantitative estimate of drug-likeness (QED) is 0.792. The first kappa shape index (κ1) is 12.3. The number of aromatic carboxylic acids is 1. The highest BCUT2D eigenvalue weighted by molar-refractivity contribution is 5.87. The number of nitrogens with zero attached hydrogens (tertiary/aromatic N) is 3. The molecule has 20 heavy (non-hydrogen) atoms. The van der Waals surface area contributed by atoms with Crippen LogP contribution in [0.5, 0.6) is 0 Å². The lowest BCUT2D eigenvalue weighted by Gasteiger charge is -1.98. The lowest BCUT2D eigenvalue weighted by atomic mass is 10.1. The van der Waals surface area contributed by atoms with Crippen molar-refractivity contribution in [2.45, 2.75) is 13.3 Å². The van der Waals surface area contributed by atoms with Crippen molar-refractivity contribution >= 4 is 11.6 Å². The fourth-order valence-electron chi connectivity index (χ4n) is 2.04. The van der Waals surface area contributed by atoms with Crippen molar-refractivity contribution in [3.8, 4) is 11.3 Å². The topological polar surface area (TPSA) is 67.5 Å². The number of carbonyl (C=O) groups is 1. The maximum atomic E-state index is 10.9. The predicted octanol–water partition coefficient (Wildman–Crippen LogP) is 2.66. The second-order valence-electron chi connectivity index (χ2n) is 4.53. The molecule has 3 rings (SSSR count). The van der Waals surface area contributed by atoms with Gasteiger partial charge >= 0.3 is 5.97 Å². The molecule has 0 aliphatic rings. The molecule has 1 aromatic carbocycles. The normalized spacial score (nSPS) is 10.8. The molecule has 5 nitrogen and oxygen atoms in total. The Labute approximate surface area is 115 Å². The van der Waals surface area contributed by atoms with E-state index in [0.717, 1.165) is 17.7 Å². The first-order chi connectivity index (χ1) is 9.67. The summed E-state index contributed by atoms with van der Waals surface area (Å²) in [4.78, 5) is 15.0. The molecule has 3 aromatic rings. The van der Waals surface area contributed by atoms with Gasteiger partial charge in [-0.15, -0.1) is 0 Å². The van der Waals surface area contributed by atoms with Crippen LogP contribution in [0.1, 0.15) is 22.8 Å². The number of aryl methyl sites for hydroxylation is 1. The molecule has 0 radical (unpaired) electrons. The van der Waals surface area contributed by atoms with Gasteiger partial charge in [-0.05, 0) is 12.0 Å². The molecular formula is C15H13N3O2. The smallest absolute Gasteiger partial charge is 0.338 e. The van der Waals surface area contributed by atoms with Crippen molar-refractivity contribution in [1.29, 1.82) is 0 Å². The van der Waals surface area contributed by atoms with E-state index >= 15 is 0 Å². The molecule has 2 heterocycles. The summed E-state index contributed by atoms with van der Waals surface area (Å²) >= 11 is 0. The van der Waals surface area contributed by atoms with E-state index in [1.165, 1.54) is 22.5 Å². The van der Waals surface area contributed by atoms with Crippen LogP contribution in [0, 0.1) is 0 Å². The van der Waals surface area contributed by atoms with E-state index in [4.69, 9.17) is 5.11 Å². The molecule has 0 spiro atoms. The first-order valence-corrected chi connectivity index (χ1v) is 6.35. The van der Waals surface area contributed by atoms with E-state index in [2.05, 4.69) is 29.1 Å². The van der Waals surface area contributed by atoms with Gasteiger partial charge in [-0.2, -0.15) is 5.10 Å². The van der Waals surface area contributed by atoms with E-state index in [0.29, 0.717) is 5.65 Å². The Bertz CT molecular complexity index is 775. The third-order valence-corrected chi connectivity index (χ3v) is 3.22. The summed E-state index contributed by atoms with van der Waals surface area (Å²) in [6.45, 7) is 2.11. The monoisotopic (exact) mass is 267 g/mol. The number of hydrogen-bond acceptors (Lipinski definition) is 3. The van der Waals surface area contributed by atoms with Crippen LogP contribution in [0.25, 0.3) is 16.9 Å². The molecule has 1 N–H and O–H groups in total. The molecule has 5 heteroatoms. The molecule has 0 unspecified atom stereocenters. The summed E-state index contributed by atoms with van der Waals surface area (Å²) in [6.07, 6.45) is 3.80. The minimum absolute atomic E-state index is 0.119. The zero-order valence-corrected chi connectivity index (χ0v) is 10.9. The van der Waals surface area contributed by atoms with E-state index in [1.54, 1.807) is 0 Å². The second kappa shape index (κ2) is 4.77. The van der Waals surface area contributed by atoms with Gasteiger partial charge in [0.2, 0.25) is 0 Å². The number of carboxylic acids is 1. The Morgan fingerprint density at radius 3 is 2.70 bits per heavy atom. The van der Waals surface area contributed by atoms with Crippen LogP contribution in [-0.4, -0.2) is 25.7 Å². The molecule has 0 saturated heterocycles. The highest BCUT2D eigenvalue weighted by Gasteiger charge is 2.09. The summed E-state index contributed by atoms with van der Waals surface area (Å²) in [7, 11) is 0. The van der Waals surface area contributed by atoms with Crippen LogP contribution in [-0.2, 0) is 6.42 Å². The van der Waals surface area contributed by atoms with Crippen molar-refractivity contribution in [1.82, 2.24) is 14.6 Å². The van der Waals surface area contributed by atoms with Crippen LogP contribution >= 0.6 is 0 Å². The molecule has 2 aromatic heterocycles. The standard InChI is InChI=1S/C15H13N3O2/c1-2-10-3-5-11(6-4-10)13-7-14-16-8-12(15(19)20)9-18(14)17-13/h3-9H,2H2,1H3,(H,19,20). The summed E-state index contributed by atoms with van der Waals surface area (Å²) < 4.78 is 1.49. The number of carboxylic acid groups (broad SMARTS) is 1. The van der Waals surface area contributed by atoms with Crippen LogP contribution < -0.4 is 0 Å². The van der Waals surface area contributed by atoms with Gasteiger partial charge in [0.15, 0.2) is 5.65 Å². The Hall–Kier alpha value is -2.69. The molecule has 0 bridgehead atoms. The number of aromatic nitrogens is 3. The second-order valence-corrected chi connectivity index (χ2v) is 4.53. The van der Waals surface area contributed by atoms with Crippen LogP contribution in [0.4, 0.5) is 0 Å². The van der Waals surface area contributed by atoms with E-state index in [1.807, 2.05) is 18.2 Å². The minimum Gasteiger partial charge on any atom is -0.478 e. The molecule has 0 fully saturated rings. The molecule has 0 saturated carbocycles. The average molecular weight is 267 g/mol. The maximum Gasteiger partial charge on any atom is 0.338 e. The summed E-state index contributed by atoms with van der Waals surface area (Å²) in [6, 6.07) is 9.99. The molecule has 0 aliphatic carbocycles. The van der Waals surface area contributed by atoms with E-state index in [9.17, 15) is 4.79 Å². The van der Waals surface area contributed by atoms with Crippen LogP contribution in [0.2, 0.25) is 0 Å². The SMILES string of the molecule is CCc1ccc(-c2cc3ncc(C(=O)O)cn3n2)cc1. The summed E-state index contributed by atoms with van der Waals surface area (Å²) in [5.41, 5.74) is 3.79. The van der Waals surface area contributed by atoms with Gasteiger partial charge in [-0.25, -0.2) is 14.3 Å². The van der Waals surface area contributed by atoms with Crippen molar-refractivity contribution in [3.05, 3.63) is 53.9 Å². The van der Waals surface area contributed by atoms with Gasteiger partial charge in [0, 0.05) is 24.0 Å². The predicted molar refractivity (Wildman–Crippen MR) is 74.8 cm³/mol. The van der Waals surface area contributed by atoms with Gasteiger partial charge < -0.3 is 5.11 Å². The molecule has 100 valence electrons. The van der Waals surface area contributed by atoms with Crippen molar-refractivity contribution < 1.29 is 9.90 Å². The van der Waals surface area contributed by atoms with Crippen molar-refractivity contribution in [2.75, 3.05) is 0 Å². The highest BCUT2D eigenvalue weighted by atomic mass is 16.4. The average Bonchev–Trinajstić information content (AvgIpc) is 2.90. The van der Waals surface area contributed by atoms with Crippen LogP contribution in [0.3, 0.4) is 0 Å². The fraction of sp³-hybridized carbons (Fsp3) is 0.133. The molecule has 0 aliphatic heterocycles. The number of hydrogen-bond donors (Lipinski definition) is 1. The van der Waals surface area contributed by atoms with Gasteiger partial charge in [-0.3, -0.25) is 0 Å². The van der Waals surface area contributed by atoms with Gasteiger partial charge in [0.05, 0.1) is 11.3 Å². The summed E-state index contributed by atoms with van der Waals surface area (Å²) in [5, 5.41) is 13.3. The van der Waals surface area contributed by atoms with Gasteiger partial charge in [0.1, 0.15) is 0 Å². The zero-order chi connectivity index (χ0) is 14.1. The van der Waals surface area contributed by atoms with Gasteiger partial charge in [0.25, 0.3) is 0 Å². The molecular weight excluding hydrogens is 254 g/mol. The Balaban J connectivity index is 2.05. The lowest BCUT2D eigenvalue weighted by molar-refractivity contribution is 0.0695. The number of benzene rings is 1. The maximum absolute atomic E-state index is 10.9. The number of fused-ring (bicyclic) bond motifs is 1. The van der Waals surface area contributed by atoms with Crippen molar-refractivity contribution in [3.63, 3.8) is 0 Å².